The van der Waals surface area contributed by atoms with Crippen molar-refractivity contribution in [3.8, 4) is 0 Å². The van der Waals surface area contributed by atoms with Crippen LogP contribution in [-0.2, 0) is 0 Å². The predicted octanol–water partition coefficient (Wildman–Crippen LogP) is 6.33. The van der Waals surface area contributed by atoms with Crippen LogP contribution in [0.2, 0.25) is 0 Å². The molecule has 0 N–H and O–H groups in total. The molecule has 1 fully saturated rings. The molecule has 0 amide bonds. The van der Waals surface area contributed by atoms with E-state index >= 15 is 0 Å². The van der Waals surface area contributed by atoms with E-state index in [1.165, 1.54) is 44.2 Å². The van der Waals surface area contributed by atoms with E-state index in [2.05, 4.69) is 13.0 Å². The standard InChI is InChI=1S/C20H25F2/c1-2-14-3-5-15(6-4-14)16-7-9-17(10-8-16)18-11-12-19(21)20(22)13-18/h7,11-14,17H,2-6,8-10H2,1H3. The Labute approximate surface area is 132 Å². The zero-order chi connectivity index (χ0) is 15.5. The number of hydrogen-bond donors (Lipinski definition) is 0. The maximum atomic E-state index is 13.4. The highest BCUT2D eigenvalue weighted by atomic mass is 19.2. The van der Waals surface area contributed by atoms with E-state index in [1.807, 2.05) is 0 Å². The fourth-order valence-electron chi connectivity index (χ4n) is 3.98. The molecule has 3 rings (SSSR count). The van der Waals surface area contributed by atoms with Gasteiger partial charge in [-0.2, -0.15) is 0 Å². The monoisotopic (exact) mass is 303 g/mol. The molecule has 1 saturated carbocycles. The Kier molecular flexibility index (Phi) is 4.95. The van der Waals surface area contributed by atoms with Crippen molar-refractivity contribution in [1.29, 1.82) is 0 Å². The van der Waals surface area contributed by atoms with Crippen LogP contribution in [0.25, 0.3) is 0 Å². The van der Waals surface area contributed by atoms with Gasteiger partial charge in [0.1, 0.15) is 0 Å². The summed E-state index contributed by atoms with van der Waals surface area (Å²) in [4.78, 5) is 0. The molecule has 2 heteroatoms. The molecule has 0 bridgehead atoms. The van der Waals surface area contributed by atoms with Crippen molar-refractivity contribution >= 4 is 0 Å². The topological polar surface area (TPSA) is 0 Å². The van der Waals surface area contributed by atoms with E-state index in [-0.39, 0.29) is 0 Å². The highest BCUT2D eigenvalue weighted by molar-refractivity contribution is 5.31. The Balaban J connectivity index is 1.61. The molecule has 1 unspecified atom stereocenters. The first-order valence-electron chi connectivity index (χ1n) is 8.66. The lowest BCUT2D eigenvalue weighted by Gasteiger charge is -2.32. The van der Waals surface area contributed by atoms with Gasteiger partial charge in [-0.05, 0) is 74.5 Å². The van der Waals surface area contributed by atoms with Crippen molar-refractivity contribution < 1.29 is 8.78 Å². The third-order valence-electron chi connectivity index (χ3n) is 5.57. The van der Waals surface area contributed by atoms with E-state index in [1.54, 1.807) is 17.6 Å². The zero-order valence-electron chi connectivity index (χ0n) is 13.4. The van der Waals surface area contributed by atoms with Crippen LogP contribution in [0.15, 0.2) is 29.8 Å². The average Bonchev–Trinajstić information content (AvgIpc) is 2.58. The van der Waals surface area contributed by atoms with Crippen LogP contribution < -0.4 is 0 Å². The summed E-state index contributed by atoms with van der Waals surface area (Å²) < 4.78 is 26.4. The van der Waals surface area contributed by atoms with Gasteiger partial charge >= 0.3 is 0 Å². The molecule has 0 aliphatic heterocycles. The molecule has 2 aliphatic rings. The van der Waals surface area contributed by atoms with Gasteiger partial charge in [-0.1, -0.05) is 31.1 Å². The predicted molar refractivity (Wildman–Crippen MR) is 86.5 cm³/mol. The Bertz CT molecular complexity index is 539. The SMILES string of the molecule is CCC1CC[C](C2=CCC(c3ccc(F)c(F)c3)CC2)CC1. The number of rotatable bonds is 3. The molecule has 119 valence electrons. The molecule has 0 saturated heterocycles. The molecule has 0 aromatic heterocycles. The van der Waals surface area contributed by atoms with Crippen LogP contribution in [-0.4, -0.2) is 0 Å². The molecule has 1 radical (unpaired) electrons. The number of halogens is 2. The lowest BCUT2D eigenvalue weighted by Crippen LogP contribution is -2.16. The van der Waals surface area contributed by atoms with Gasteiger partial charge in [0.15, 0.2) is 11.6 Å². The third-order valence-corrected chi connectivity index (χ3v) is 5.57. The Hall–Kier alpha value is -1.18. The van der Waals surface area contributed by atoms with Crippen LogP contribution in [0.4, 0.5) is 8.78 Å². The highest BCUT2D eigenvalue weighted by Gasteiger charge is 2.26. The fourth-order valence-corrected chi connectivity index (χ4v) is 3.98. The number of allylic oxidation sites excluding steroid dienone is 2. The van der Waals surface area contributed by atoms with Crippen molar-refractivity contribution in [3.05, 3.63) is 53.0 Å². The van der Waals surface area contributed by atoms with Crippen molar-refractivity contribution in [1.82, 2.24) is 0 Å². The molecular weight excluding hydrogens is 278 g/mol. The van der Waals surface area contributed by atoms with Crippen molar-refractivity contribution in [3.63, 3.8) is 0 Å². The molecule has 0 heterocycles. The summed E-state index contributed by atoms with van der Waals surface area (Å²) in [5.74, 6) is 1.45. The second kappa shape index (κ2) is 6.93. The average molecular weight is 303 g/mol. The molecule has 1 atom stereocenters. The summed E-state index contributed by atoms with van der Waals surface area (Å²) in [6, 6.07) is 4.37. The van der Waals surface area contributed by atoms with Crippen molar-refractivity contribution in [2.24, 2.45) is 5.92 Å². The van der Waals surface area contributed by atoms with Gasteiger partial charge in [-0.3, -0.25) is 0 Å². The zero-order valence-corrected chi connectivity index (χ0v) is 13.4. The molecule has 2 aliphatic carbocycles. The van der Waals surface area contributed by atoms with Crippen LogP contribution in [0.3, 0.4) is 0 Å². The molecule has 1 aromatic rings. The van der Waals surface area contributed by atoms with Crippen LogP contribution >= 0.6 is 0 Å². The first kappa shape index (κ1) is 15.7. The summed E-state index contributed by atoms with van der Waals surface area (Å²) in [6.07, 6.45) is 12.0. The minimum absolute atomic E-state index is 0.339. The minimum atomic E-state index is -0.751. The second-order valence-electron chi connectivity index (χ2n) is 6.83. The van der Waals surface area contributed by atoms with Gasteiger partial charge < -0.3 is 0 Å². The lowest BCUT2D eigenvalue weighted by atomic mass is 9.73. The van der Waals surface area contributed by atoms with Crippen molar-refractivity contribution in [2.75, 3.05) is 0 Å². The molecule has 0 nitrogen and oxygen atoms in total. The van der Waals surface area contributed by atoms with E-state index in [0.717, 1.165) is 30.7 Å². The van der Waals surface area contributed by atoms with Gasteiger partial charge in [0.2, 0.25) is 0 Å². The highest BCUT2D eigenvalue weighted by Crippen LogP contribution is 2.42. The summed E-state index contributed by atoms with van der Waals surface area (Å²) >= 11 is 0. The molecule has 22 heavy (non-hydrogen) atoms. The second-order valence-corrected chi connectivity index (χ2v) is 6.83. The van der Waals surface area contributed by atoms with E-state index in [9.17, 15) is 8.78 Å². The maximum absolute atomic E-state index is 13.4. The molecular formula is C20H25F2. The Morgan fingerprint density at radius 1 is 1.00 bits per heavy atom. The first-order valence-corrected chi connectivity index (χ1v) is 8.66. The van der Waals surface area contributed by atoms with Crippen molar-refractivity contribution in [2.45, 2.75) is 64.2 Å². The molecule has 0 spiro atoms. The Morgan fingerprint density at radius 2 is 1.77 bits per heavy atom. The van der Waals surface area contributed by atoms with Gasteiger partial charge in [-0.15, -0.1) is 0 Å². The van der Waals surface area contributed by atoms with Crippen LogP contribution in [0.5, 0.6) is 0 Å². The van der Waals surface area contributed by atoms with Crippen LogP contribution in [0, 0.1) is 23.5 Å². The minimum Gasteiger partial charge on any atom is -0.204 e. The van der Waals surface area contributed by atoms with E-state index in [4.69, 9.17) is 0 Å². The quantitative estimate of drug-likeness (QED) is 0.611. The van der Waals surface area contributed by atoms with E-state index < -0.39 is 11.6 Å². The fraction of sp³-hybridized carbons (Fsp3) is 0.550. The first-order chi connectivity index (χ1) is 10.7. The molecule has 1 aromatic carbocycles. The summed E-state index contributed by atoms with van der Waals surface area (Å²) in [5.41, 5.74) is 2.49. The normalized spacial score (nSPS) is 24.3. The maximum Gasteiger partial charge on any atom is 0.159 e. The third kappa shape index (κ3) is 3.42. The van der Waals surface area contributed by atoms with Crippen LogP contribution in [0.1, 0.15) is 69.8 Å². The summed E-state index contributed by atoms with van der Waals surface area (Å²) in [6.45, 7) is 2.29. The van der Waals surface area contributed by atoms with Gasteiger partial charge in [0.25, 0.3) is 0 Å². The number of benzene rings is 1. The van der Waals surface area contributed by atoms with Gasteiger partial charge in [0.05, 0.1) is 0 Å². The van der Waals surface area contributed by atoms with E-state index in [0.29, 0.717) is 5.92 Å². The van der Waals surface area contributed by atoms with Gasteiger partial charge in [0, 0.05) is 5.92 Å². The Morgan fingerprint density at radius 3 is 2.36 bits per heavy atom. The summed E-state index contributed by atoms with van der Waals surface area (Å²) in [5, 5.41) is 0. The summed E-state index contributed by atoms with van der Waals surface area (Å²) in [7, 11) is 0. The largest absolute Gasteiger partial charge is 0.204 e. The smallest absolute Gasteiger partial charge is 0.159 e. The van der Waals surface area contributed by atoms with Gasteiger partial charge in [-0.25, -0.2) is 8.78 Å². The lowest BCUT2D eigenvalue weighted by molar-refractivity contribution is 0.370. The number of hydrogen-bond acceptors (Lipinski definition) is 0.